The van der Waals surface area contributed by atoms with E-state index in [-0.39, 0.29) is 6.04 Å². The minimum atomic E-state index is 0.0920. The largest absolute Gasteiger partial charge is 0.383 e. The molecule has 0 spiro atoms. The Morgan fingerprint density at radius 1 is 1.20 bits per heavy atom. The molecule has 4 heteroatoms. The van der Waals surface area contributed by atoms with Crippen molar-refractivity contribution < 1.29 is 0 Å². The lowest BCUT2D eigenvalue weighted by Crippen LogP contribution is -2.23. The molecule has 0 fully saturated rings. The smallest absolute Gasteiger partial charge is 0.128 e. The quantitative estimate of drug-likeness (QED) is 0.799. The summed E-state index contributed by atoms with van der Waals surface area (Å²) in [5.41, 5.74) is 8.26. The first-order chi connectivity index (χ1) is 9.76. The number of anilines is 1. The van der Waals surface area contributed by atoms with Crippen molar-refractivity contribution in [2.24, 2.45) is 0 Å². The van der Waals surface area contributed by atoms with E-state index in [1.54, 1.807) is 6.20 Å². The number of nitrogens with zero attached hydrogens (tertiary/aromatic N) is 1. The molecule has 20 heavy (non-hydrogen) atoms. The van der Waals surface area contributed by atoms with Gasteiger partial charge in [-0.05, 0) is 36.1 Å². The van der Waals surface area contributed by atoms with Crippen LogP contribution in [0.1, 0.15) is 31.0 Å². The molecule has 2 rings (SSSR count). The van der Waals surface area contributed by atoms with Gasteiger partial charge in [0.1, 0.15) is 5.82 Å². The number of hydrogen-bond acceptors (Lipinski definition) is 4. The second-order valence-corrected chi connectivity index (χ2v) is 5.81. The molecule has 0 aliphatic rings. The monoisotopic (exact) mass is 287 g/mol. The van der Waals surface area contributed by atoms with Crippen LogP contribution in [0.2, 0.25) is 0 Å². The number of nitrogen functional groups attached to an aromatic ring is 1. The van der Waals surface area contributed by atoms with Gasteiger partial charge >= 0.3 is 0 Å². The first-order valence-electron chi connectivity index (χ1n) is 6.92. The predicted molar refractivity (Wildman–Crippen MR) is 87.0 cm³/mol. The number of rotatable bonds is 6. The van der Waals surface area contributed by atoms with E-state index in [1.165, 1.54) is 10.5 Å². The zero-order valence-corrected chi connectivity index (χ0v) is 12.8. The van der Waals surface area contributed by atoms with Crippen LogP contribution in [-0.2, 0) is 0 Å². The maximum Gasteiger partial charge on any atom is 0.128 e. The number of nitrogens with one attached hydrogen (secondary N) is 1. The highest BCUT2D eigenvalue weighted by molar-refractivity contribution is 7.99. The third kappa shape index (κ3) is 3.52. The molecule has 106 valence electrons. The topological polar surface area (TPSA) is 50.9 Å². The van der Waals surface area contributed by atoms with Gasteiger partial charge in [-0.1, -0.05) is 32.0 Å². The first-order valence-corrected chi connectivity index (χ1v) is 7.91. The van der Waals surface area contributed by atoms with Crippen molar-refractivity contribution in [1.29, 1.82) is 0 Å². The summed E-state index contributed by atoms with van der Waals surface area (Å²) in [6.07, 6.45) is 1.73. The molecule has 3 N–H and O–H groups in total. The second-order valence-electron chi connectivity index (χ2n) is 4.47. The molecule has 0 saturated carbocycles. The molecule has 2 aromatic rings. The van der Waals surface area contributed by atoms with Crippen molar-refractivity contribution in [3.8, 4) is 0 Å². The van der Waals surface area contributed by atoms with Crippen LogP contribution in [-0.4, -0.2) is 17.3 Å². The maximum absolute atomic E-state index is 6.01. The van der Waals surface area contributed by atoms with Crippen LogP contribution in [0.5, 0.6) is 0 Å². The molecule has 0 radical (unpaired) electrons. The summed E-state index contributed by atoms with van der Waals surface area (Å²) < 4.78 is 0. The fraction of sp³-hybridized carbons (Fsp3) is 0.312. The molecule has 1 aromatic carbocycles. The molecule has 0 aliphatic carbocycles. The minimum Gasteiger partial charge on any atom is -0.383 e. The van der Waals surface area contributed by atoms with E-state index in [2.05, 4.69) is 48.4 Å². The predicted octanol–water partition coefficient (Wildman–Crippen LogP) is 3.47. The van der Waals surface area contributed by atoms with Gasteiger partial charge in [0.15, 0.2) is 0 Å². The fourth-order valence-electron chi connectivity index (χ4n) is 2.21. The van der Waals surface area contributed by atoms with E-state index in [4.69, 9.17) is 5.73 Å². The van der Waals surface area contributed by atoms with Crippen LogP contribution in [0.3, 0.4) is 0 Å². The average molecular weight is 287 g/mol. The Kier molecular flexibility index (Phi) is 5.44. The molecule has 1 heterocycles. The van der Waals surface area contributed by atoms with Crippen LogP contribution in [0.4, 0.5) is 5.82 Å². The summed E-state index contributed by atoms with van der Waals surface area (Å²) in [7, 11) is 0. The Bertz CT molecular complexity index is 540. The van der Waals surface area contributed by atoms with Gasteiger partial charge in [0.2, 0.25) is 0 Å². The molecule has 0 bridgehead atoms. The molecular formula is C16H21N3S. The molecule has 0 aliphatic heterocycles. The summed E-state index contributed by atoms with van der Waals surface area (Å²) in [6, 6.07) is 12.7. The summed E-state index contributed by atoms with van der Waals surface area (Å²) in [6.45, 7) is 5.14. The Hall–Kier alpha value is -1.52. The van der Waals surface area contributed by atoms with Gasteiger partial charge in [0, 0.05) is 16.7 Å². The summed E-state index contributed by atoms with van der Waals surface area (Å²) >= 11 is 1.85. The highest BCUT2D eigenvalue weighted by atomic mass is 32.2. The van der Waals surface area contributed by atoms with Gasteiger partial charge in [-0.15, -0.1) is 11.8 Å². The lowest BCUT2D eigenvalue weighted by Gasteiger charge is -2.20. The molecule has 1 atom stereocenters. The first kappa shape index (κ1) is 14.9. The normalized spacial score (nSPS) is 12.3. The van der Waals surface area contributed by atoms with Crippen LogP contribution >= 0.6 is 11.8 Å². The Morgan fingerprint density at radius 3 is 2.55 bits per heavy atom. The van der Waals surface area contributed by atoms with Gasteiger partial charge in [0.05, 0.1) is 6.04 Å². The third-order valence-corrected chi connectivity index (χ3v) is 4.01. The molecule has 3 nitrogen and oxygen atoms in total. The van der Waals surface area contributed by atoms with Crippen LogP contribution in [0.15, 0.2) is 47.5 Å². The Balaban J connectivity index is 2.31. The van der Waals surface area contributed by atoms with Crippen molar-refractivity contribution in [3.63, 3.8) is 0 Å². The van der Waals surface area contributed by atoms with E-state index in [0.717, 1.165) is 17.9 Å². The highest BCUT2D eigenvalue weighted by Gasteiger charge is 2.15. The van der Waals surface area contributed by atoms with Crippen molar-refractivity contribution in [2.45, 2.75) is 24.8 Å². The Labute approximate surface area is 125 Å². The van der Waals surface area contributed by atoms with E-state index >= 15 is 0 Å². The number of pyridine rings is 1. The summed E-state index contributed by atoms with van der Waals surface area (Å²) in [5, 5.41) is 3.48. The van der Waals surface area contributed by atoms with Crippen LogP contribution in [0, 0.1) is 0 Å². The van der Waals surface area contributed by atoms with Crippen molar-refractivity contribution in [2.75, 3.05) is 18.0 Å². The maximum atomic E-state index is 6.01. The number of nitrogens with two attached hydrogens (primary N) is 1. The number of aromatic nitrogens is 1. The van der Waals surface area contributed by atoms with E-state index in [0.29, 0.717) is 5.82 Å². The zero-order valence-electron chi connectivity index (χ0n) is 12.0. The van der Waals surface area contributed by atoms with Crippen molar-refractivity contribution in [1.82, 2.24) is 10.3 Å². The van der Waals surface area contributed by atoms with Crippen LogP contribution < -0.4 is 11.1 Å². The molecule has 1 aromatic heterocycles. The minimum absolute atomic E-state index is 0.0920. The van der Waals surface area contributed by atoms with Gasteiger partial charge in [-0.2, -0.15) is 0 Å². The van der Waals surface area contributed by atoms with Gasteiger partial charge in [-0.3, -0.25) is 0 Å². The van der Waals surface area contributed by atoms with Gasteiger partial charge in [0.25, 0.3) is 0 Å². The zero-order chi connectivity index (χ0) is 14.4. The van der Waals surface area contributed by atoms with Crippen molar-refractivity contribution in [3.05, 3.63) is 53.7 Å². The lowest BCUT2D eigenvalue weighted by molar-refractivity contribution is 0.630. The average Bonchev–Trinajstić information content (AvgIpc) is 2.47. The van der Waals surface area contributed by atoms with Crippen LogP contribution in [0.25, 0.3) is 0 Å². The van der Waals surface area contributed by atoms with E-state index in [9.17, 15) is 0 Å². The summed E-state index contributed by atoms with van der Waals surface area (Å²) in [5.74, 6) is 1.68. The molecular weight excluding hydrogens is 266 g/mol. The van der Waals surface area contributed by atoms with Gasteiger partial charge in [-0.25, -0.2) is 4.98 Å². The van der Waals surface area contributed by atoms with E-state index in [1.807, 2.05) is 23.9 Å². The SMILES string of the molecule is CCNC(c1ccc(SCC)cc1)c1cccnc1N. The fourth-order valence-corrected chi connectivity index (χ4v) is 2.87. The molecule has 1 unspecified atom stereocenters. The lowest BCUT2D eigenvalue weighted by atomic mass is 9.99. The number of hydrogen-bond donors (Lipinski definition) is 2. The molecule has 0 saturated heterocycles. The second kappa shape index (κ2) is 7.31. The van der Waals surface area contributed by atoms with E-state index < -0.39 is 0 Å². The summed E-state index contributed by atoms with van der Waals surface area (Å²) in [4.78, 5) is 5.49. The number of benzene rings is 1. The molecule has 0 amide bonds. The standard InChI is InChI=1S/C16H21N3S/c1-3-18-15(14-6-5-11-19-16(14)17)12-7-9-13(10-8-12)20-4-2/h5-11,15,18H,3-4H2,1-2H3,(H2,17,19). The third-order valence-electron chi connectivity index (χ3n) is 3.11. The number of thioether (sulfide) groups is 1. The van der Waals surface area contributed by atoms with Crippen molar-refractivity contribution >= 4 is 17.6 Å². The van der Waals surface area contributed by atoms with Gasteiger partial charge < -0.3 is 11.1 Å². The highest BCUT2D eigenvalue weighted by Crippen LogP contribution is 2.27. The Morgan fingerprint density at radius 2 is 1.95 bits per heavy atom.